The maximum absolute atomic E-state index is 14.1. The van der Waals surface area contributed by atoms with E-state index in [9.17, 15) is 19.1 Å². The van der Waals surface area contributed by atoms with Gasteiger partial charge in [-0.3, -0.25) is 14.2 Å². The molecule has 0 spiro atoms. The van der Waals surface area contributed by atoms with E-state index in [-0.39, 0.29) is 48.6 Å². The number of hydrogen-bond donors (Lipinski definition) is 1. The van der Waals surface area contributed by atoms with Crippen molar-refractivity contribution >= 4 is 39.1 Å². The summed E-state index contributed by atoms with van der Waals surface area (Å²) in [7, 11) is 0. The number of aromatic nitrogens is 2. The number of fused-ring (bicyclic) bond motifs is 1. The average Bonchev–Trinajstić information content (AvgIpc) is 2.99. The first kappa shape index (κ1) is 21.0. The van der Waals surface area contributed by atoms with E-state index in [4.69, 9.17) is 11.6 Å². The van der Waals surface area contributed by atoms with Gasteiger partial charge in [-0.1, -0.05) is 17.7 Å². The summed E-state index contributed by atoms with van der Waals surface area (Å²) in [6.07, 6.45) is 1.99. The fraction of sp³-hybridized carbons (Fsp3) is 0.381. The summed E-state index contributed by atoms with van der Waals surface area (Å²) in [5, 5.41) is 11.7. The largest absolute Gasteiger partial charge is 0.388 e. The first-order valence-electron chi connectivity index (χ1n) is 9.61. The van der Waals surface area contributed by atoms with E-state index >= 15 is 0 Å². The van der Waals surface area contributed by atoms with Crippen LogP contribution in [-0.2, 0) is 6.54 Å². The van der Waals surface area contributed by atoms with Gasteiger partial charge in [-0.25, -0.2) is 9.37 Å². The van der Waals surface area contributed by atoms with Crippen molar-refractivity contribution in [3.63, 3.8) is 0 Å². The molecule has 3 aromatic rings. The Bertz CT molecular complexity index is 1180. The Morgan fingerprint density at radius 3 is 2.70 bits per heavy atom. The molecule has 9 heteroatoms. The molecule has 0 unspecified atom stereocenters. The van der Waals surface area contributed by atoms with Gasteiger partial charge in [-0.05, 0) is 44.4 Å². The first-order chi connectivity index (χ1) is 14.2. The zero-order chi connectivity index (χ0) is 21.6. The van der Waals surface area contributed by atoms with E-state index < -0.39 is 17.3 Å². The smallest absolute Gasteiger partial charge is 0.262 e. The van der Waals surface area contributed by atoms with Crippen molar-refractivity contribution in [2.75, 3.05) is 13.1 Å². The van der Waals surface area contributed by atoms with Crippen molar-refractivity contribution < 1.29 is 14.3 Å². The van der Waals surface area contributed by atoms with E-state index in [1.54, 1.807) is 0 Å². The van der Waals surface area contributed by atoms with Gasteiger partial charge in [0.2, 0.25) is 0 Å². The van der Waals surface area contributed by atoms with Crippen LogP contribution in [0.2, 0.25) is 5.02 Å². The van der Waals surface area contributed by atoms with Crippen LogP contribution >= 0.6 is 22.9 Å². The van der Waals surface area contributed by atoms with Gasteiger partial charge in [0.1, 0.15) is 10.6 Å². The number of likely N-dealkylation sites (tertiary alicyclic amines) is 1. The molecule has 6 nitrogen and oxygen atoms in total. The Balaban J connectivity index is 1.51. The number of piperidine rings is 1. The van der Waals surface area contributed by atoms with E-state index in [1.807, 2.05) is 13.8 Å². The van der Waals surface area contributed by atoms with Crippen molar-refractivity contribution in [3.05, 3.63) is 61.7 Å². The maximum Gasteiger partial charge on any atom is 0.262 e. The molecule has 0 bridgehead atoms. The van der Waals surface area contributed by atoms with Crippen LogP contribution in [0, 0.1) is 19.7 Å². The molecule has 1 N–H and O–H groups in total. The Morgan fingerprint density at radius 1 is 1.33 bits per heavy atom. The van der Waals surface area contributed by atoms with Gasteiger partial charge in [-0.2, -0.15) is 0 Å². The molecule has 3 heterocycles. The highest BCUT2D eigenvalue weighted by molar-refractivity contribution is 7.18. The molecular weight excluding hydrogens is 429 g/mol. The molecule has 158 valence electrons. The molecule has 1 saturated heterocycles. The summed E-state index contributed by atoms with van der Waals surface area (Å²) in [4.78, 5) is 33.2. The van der Waals surface area contributed by atoms with Crippen molar-refractivity contribution in [2.24, 2.45) is 0 Å². The van der Waals surface area contributed by atoms with Gasteiger partial charge in [0.15, 0.2) is 0 Å². The van der Waals surface area contributed by atoms with Gasteiger partial charge in [0, 0.05) is 18.0 Å². The van der Waals surface area contributed by atoms with Gasteiger partial charge >= 0.3 is 0 Å². The van der Waals surface area contributed by atoms with E-state index in [2.05, 4.69) is 4.98 Å². The van der Waals surface area contributed by atoms with Crippen LogP contribution in [0.15, 0.2) is 29.3 Å². The SMILES string of the molecule is Cc1sc2ncn(CC3(O)CCN(C(=O)c4c(F)cccc4Cl)CC3)c(=O)c2c1C. The Hall–Kier alpha value is -2.29. The van der Waals surface area contributed by atoms with Crippen LogP contribution in [0.3, 0.4) is 0 Å². The monoisotopic (exact) mass is 449 g/mol. The zero-order valence-corrected chi connectivity index (χ0v) is 18.2. The fourth-order valence-corrected chi connectivity index (χ4v) is 5.08. The number of benzene rings is 1. The molecular formula is C21H21ClFN3O3S. The molecule has 1 aromatic carbocycles. The molecule has 4 rings (SSSR count). The van der Waals surface area contributed by atoms with Crippen molar-refractivity contribution in [3.8, 4) is 0 Å². The Kier molecular flexibility index (Phi) is 5.42. The van der Waals surface area contributed by atoms with Gasteiger partial charge in [-0.15, -0.1) is 11.3 Å². The summed E-state index contributed by atoms with van der Waals surface area (Å²) in [6.45, 7) is 4.41. The molecule has 0 saturated carbocycles. The van der Waals surface area contributed by atoms with E-state index in [1.165, 1.54) is 45.3 Å². The van der Waals surface area contributed by atoms with Crippen LogP contribution in [-0.4, -0.2) is 44.2 Å². The van der Waals surface area contributed by atoms with Gasteiger partial charge in [0.25, 0.3) is 11.5 Å². The number of carbonyl (C=O) groups excluding carboxylic acids is 1. The van der Waals surface area contributed by atoms with Crippen LogP contribution in [0.5, 0.6) is 0 Å². The molecule has 1 amide bonds. The number of rotatable bonds is 3. The number of halogens is 2. The number of nitrogens with zero attached hydrogens (tertiary/aromatic N) is 3. The number of amides is 1. The normalized spacial score (nSPS) is 16.2. The zero-order valence-electron chi connectivity index (χ0n) is 16.6. The molecule has 30 heavy (non-hydrogen) atoms. The lowest BCUT2D eigenvalue weighted by Gasteiger charge is -2.38. The molecule has 1 fully saturated rings. The van der Waals surface area contributed by atoms with E-state index in [0.29, 0.717) is 10.2 Å². The highest BCUT2D eigenvalue weighted by Crippen LogP contribution is 2.29. The number of aliphatic hydroxyl groups is 1. The Labute approximate surface area is 181 Å². The number of hydrogen-bond acceptors (Lipinski definition) is 5. The van der Waals surface area contributed by atoms with Crippen LogP contribution < -0.4 is 5.56 Å². The third-order valence-corrected chi connectivity index (χ3v) is 7.21. The molecule has 1 aliphatic heterocycles. The number of carbonyl (C=O) groups is 1. The summed E-state index contributed by atoms with van der Waals surface area (Å²) < 4.78 is 15.5. The first-order valence-corrected chi connectivity index (χ1v) is 10.8. The number of thiophene rings is 1. The third kappa shape index (κ3) is 3.64. The predicted octanol–water partition coefficient (Wildman–Crippen LogP) is 3.53. The summed E-state index contributed by atoms with van der Waals surface area (Å²) >= 11 is 7.48. The quantitative estimate of drug-likeness (QED) is 0.663. The second kappa shape index (κ2) is 7.76. The highest BCUT2D eigenvalue weighted by Gasteiger charge is 2.36. The fourth-order valence-electron chi connectivity index (χ4n) is 3.84. The van der Waals surface area contributed by atoms with Crippen molar-refractivity contribution in [1.29, 1.82) is 0 Å². The average molecular weight is 450 g/mol. The molecule has 1 aliphatic rings. The van der Waals surface area contributed by atoms with Gasteiger partial charge in [0.05, 0.1) is 34.4 Å². The molecule has 0 aliphatic carbocycles. The topological polar surface area (TPSA) is 75.4 Å². The summed E-state index contributed by atoms with van der Waals surface area (Å²) in [6, 6.07) is 4.12. The minimum Gasteiger partial charge on any atom is -0.388 e. The molecule has 2 aromatic heterocycles. The maximum atomic E-state index is 14.1. The van der Waals surface area contributed by atoms with Crippen LogP contribution in [0.25, 0.3) is 10.2 Å². The molecule has 0 radical (unpaired) electrons. The second-order valence-corrected chi connectivity index (χ2v) is 9.36. The third-order valence-electron chi connectivity index (χ3n) is 5.78. The summed E-state index contributed by atoms with van der Waals surface area (Å²) in [5.74, 6) is -1.16. The predicted molar refractivity (Wildman–Crippen MR) is 115 cm³/mol. The van der Waals surface area contributed by atoms with Crippen molar-refractivity contribution in [1.82, 2.24) is 14.5 Å². The molecule has 0 atom stereocenters. The van der Waals surface area contributed by atoms with E-state index in [0.717, 1.165) is 10.4 Å². The Morgan fingerprint density at radius 2 is 2.03 bits per heavy atom. The summed E-state index contributed by atoms with van der Waals surface area (Å²) in [5.41, 5.74) is -0.574. The minimum atomic E-state index is -1.16. The second-order valence-electron chi connectivity index (χ2n) is 7.75. The van der Waals surface area contributed by atoms with Crippen LogP contribution in [0.1, 0.15) is 33.6 Å². The van der Waals surface area contributed by atoms with Crippen molar-refractivity contribution in [2.45, 2.75) is 38.8 Å². The lowest BCUT2D eigenvalue weighted by atomic mass is 9.91. The lowest BCUT2D eigenvalue weighted by molar-refractivity contribution is -0.0300. The highest BCUT2D eigenvalue weighted by atomic mass is 35.5. The lowest BCUT2D eigenvalue weighted by Crippen LogP contribution is -2.49. The number of aryl methyl sites for hydroxylation is 2. The van der Waals surface area contributed by atoms with Crippen LogP contribution in [0.4, 0.5) is 4.39 Å². The minimum absolute atomic E-state index is 0.0631. The standard InChI is InChI=1S/C21H21ClFN3O3S/c1-12-13(2)30-18-16(12)19(27)26(11-24-18)10-21(29)6-8-25(9-7-21)20(28)17-14(22)4-3-5-15(17)23/h3-5,11,29H,6-10H2,1-2H3. The van der Waals surface area contributed by atoms with Gasteiger partial charge < -0.3 is 10.0 Å².